The van der Waals surface area contributed by atoms with Gasteiger partial charge in [0.15, 0.2) is 0 Å². The van der Waals surface area contributed by atoms with Crippen LogP contribution in [-0.2, 0) is 6.54 Å². The van der Waals surface area contributed by atoms with Gasteiger partial charge in [0.25, 0.3) is 0 Å². The smallest absolute Gasteiger partial charge is 0.0574 e. The predicted molar refractivity (Wildman–Crippen MR) is 69.5 cm³/mol. The Hall–Kier alpha value is -1.01. The summed E-state index contributed by atoms with van der Waals surface area (Å²) in [6.07, 6.45) is 5.14. The van der Waals surface area contributed by atoms with Gasteiger partial charge in [-0.2, -0.15) is 0 Å². The van der Waals surface area contributed by atoms with Gasteiger partial charge < -0.3 is 10.2 Å². The average Bonchev–Trinajstić information content (AvgIpc) is 2.28. The third-order valence-corrected chi connectivity index (χ3v) is 2.52. The van der Waals surface area contributed by atoms with E-state index in [1.807, 2.05) is 24.3 Å². The van der Waals surface area contributed by atoms with Crippen molar-refractivity contribution in [3.8, 4) is 12.3 Å². The van der Waals surface area contributed by atoms with E-state index in [9.17, 15) is 0 Å². The summed E-state index contributed by atoms with van der Waals surface area (Å²) in [7, 11) is 2.09. The fourth-order valence-electron chi connectivity index (χ4n) is 1.41. The lowest BCUT2D eigenvalue weighted by Gasteiger charge is -2.16. The highest BCUT2D eigenvalue weighted by molar-refractivity contribution is 6.30. The number of terminal acetylenes is 1. The molecule has 0 aliphatic carbocycles. The first-order valence-corrected chi connectivity index (χ1v) is 5.67. The summed E-state index contributed by atoms with van der Waals surface area (Å²) < 4.78 is 0. The summed E-state index contributed by atoms with van der Waals surface area (Å²) in [5.41, 5.74) is 1.27. The molecule has 0 aromatic heterocycles. The Morgan fingerprint density at radius 2 is 2.06 bits per heavy atom. The van der Waals surface area contributed by atoms with E-state index >= 15 is 0 Å². The number of likely N-dealkylation sites (N-methyl/N-ethyl adjacent to an activating group) is 1. The second kappa shape index (κ2) is 7.29. The molecule has 0 unspecified atom stereocenters. The molecule has 0 heterocycles. The van der Waals surface area contributed by atoms with E-state index in [0.29, 0.717) is 6.54 Å². The number of hydrogen-bond donors (Lipinski definition) is 1. The van der Waals surface area contributed by atoms with Crippen molar-refractivity contribution < 1.29 is 0 Å². The maximum Gasteiger partial charge on any atom is 0.0574 e. The van der Waals surface area contributed by atoms with E-state index in [-0.39, 0.29) is 0 Å². The highest BCUT2D eigenvalue weighted by atomic mass is 35.5. The van der Waals surface area contributed by atoms with E-state index in [1.54, 1.807) is 0 Å². The molecule has 0 atom stereocenters. The van der Waals surface area contributed by atoms with Crippen molar-refractivity contribution in [3.05, 3.63) is 34.9 Å². The van der Waals surface area contributed by atoms with E-state index in [2.05, 4.69) is 23.2 Å². The molecule has 1 aromatic carbocycles. The normalized spacial score (nSPS) is 10.4. The van der Waals surface area contributed by atoms with Gasteiger partial charge in [0, 0.05) is 24.7 Å². The number of nitrogens with zero attached hydrogens (tertiary/aromatic N) is 1. The highest BCUT2D eigenvalue weighted by Crippen LogP contribution is 2.10. The molecule has 3 heteroatoms. The number of hydrogen-bond acceptors (Lipinski definition) is 2. The van der Waals surface area contributed by atoms with Gasteiger partial charge in [-0.25, -0.2) is 0 Å². The van der Waals surface area contributed by atoms with Crippen molar-refractivity contribution in [3.63, 3.8) is 0 Å². The van der Waals surface area contributed by atoms with E-state index in [4.69, 9.17) is 18.0 Å². The third kappa shape index (κ3) is 5.18. The van der Waals surface area contributed by atoms with E-state index < -0.39 is 0 Å². The van der Waals surface area contributed by atoms with Gasteiger partial charge in [-0.3, -0.25) is 0 Å². The second-order valence-electron chi connectivity index (χ2n) is 3.75. The van der Waals surface area contributed by atoms with Crippen LogP contribution in [0.1, 0.15) is 5.56 Å². The van der Waals surface area contributed by atoms with Gasteiger partial charge >= 0.3 is 0 Å². The molecule has 86 valence electrons. The van der Waals surface area contributed by atoms with Crippen molar-refractivity contribution in [1.29, 1.82) is 0 Å². The van der Waals surface area contributed by atoms with Gasteiger partial charge in [-0.15, -0.1) is 6.42 Å². The molecular formula is C13H17ClN2. The largest absolute Gasteiger partial charge is 0.305 e. The minimum Gasteiger partial charge on any atom is -0.305 e. The van der Waals surface area contributed by atoms with Crippen molar-refractivity contribution in [2.45, 2.75) is 6.54 Å². The molecule has 0 fully saturated rings. The lowest BCUT2D eigenvalue weighted by molar-refractivity contribution is 0.327. The van der Waals surface area contributed by atoms with Gasteiger partial charge in [0.1, 0.15) is 0 Å². The Labute approximate surface area is 103 Å². The molecule has 0 aliphatic rings. The summed E-state index contributed by atoms with van der Waals surface area (Å²) in [6, 6.07) is 7.93. The van der Waals surface area contributed by atoms with Gasteiger partial charge in [-0.05, 0) is 24.7 Å². The second-order valence-corrected chi connectivity index (χ2v) is 4.18. The van der Waals surface area contributed by atoms with Crippen molar-refractivity contribution in [1.82, 2.24) is 10.2 Å². The zero-order chi connectivity index (χ0) is 11.8. The predicted octanol–water partition coefficient (Wildman–Crippen LogP) is 1.99. The van der Waals surface area contributed by atoms with Gasteiger partial charge in [0.2, 0.25) is 0 Å². The van der Waals surface area contributed by atoms with Crippen LogP contribution in [0.4, 0.5) is 0 Å². The van der Waals surface area contributed by atoms with Crippen LogP contribution in [-0.4, -0.2) is 31.6 Å². The molecule has 0 bridgehead atoms. The molecule has 16 heavy (non-hydrogen) atoms. The first-order chi connectivity index (χ1) is 7.72. The Kier molecular flexibility index (Phi) is 5.95. The minimum atomic E-state index is 0.634. The summed E-state index contributed by atoms with van der Waals surface area (Å²) in [5.74, 6) is 2.55. The minimum absolute atomic E-state index is 0.634. The molecule has 1 rings (SSSR count). The molecule has 1 aromatic rings. The molecule has 0 aliphatic heterocycles. The van der Waals surface area contributed by atoms with Crippen LogP contribution in [0.15, 0.2) is 24.3 Å². The first-order valence-electron chi connectivity index (χ1n) is 5.29. The third-order valence-electron chi connectivity index (χ3n) is 2.26. The molecule has 0 saturated heterocycles. The highest BCUT2D eigenvalue weighted by Gasteiger charge is 1.99. The van der Waals surface area contributed by atoms with Crippen LogP contribution in [0, 0.1) is 12.3 Å². The number of halogens is 1. The summed E-state index contributed by atoms with van der Waals surface area (Å²) in [6.45, 7) is 3.45. The van der Waals surface area contributed by atoms with Crippen LogP contribution in [0.5, 0.6) is 0 Å². The van der Waals surface area contributed by atoms with Crippen LogP contribution in [0.25, 0.3) is 0 Å². The average molecular weight is 237 g/mol. The maximum atomic E-state index is 5.82. The Morgan fingerprint density at radius 3 is 2.69 bits per heavy atom. The van der Waals surface area contributed by atoms with Crippen LogP contribution in [0.2, 0.25) is 5.02 Å². The Bertz CT molecular complexity index is 340. The van der Waals surface area contributed by atoms with Crippen LogP contribution in [0.3, 0.4) is 0 Å². The van der Waals surface area contributed by atoms with Crippen LogP contribution >= 0.6 is 11.6 Å². The molecule has 0 radical (unpaired) electrons. The fraction of sp³-hybridized carbons (Fsp3) is 0.385. The monoisotopic (exact) mass is 236 g/mol. The van der Waals surface area contributed by atoms with E-state index in [0.717, 1.165) is 24.7 Å². The lowest BCUT2D eigenvalue weighted by Crippen LogP contribution is -2.29. The number of nitrogens with one attached hydrogen (secondary N) is 1. The molecule has 2 nitrogen and oxygen atoms in total. The maximum absolute atomic E-state index is 5.82. The SMILES string of the molecule is C#CCNCCN(C)Cc1ccc(Cl)cc1. The number of benzene rings is 1. The molecule has 0 spiro atoms. The van der Waals surface area contributed by atoms with Crippen molar-refractivity contribution in [2.24, 2.45) is 0 Å². The van der Waals surface area contributed by atoms with Crippen molar-refractivity contribution >= 4 is 11.6 Å². The molecule has 0 saturated carbocycles. The zero-order valence-corrected chi connectivity index (χ0v) is 10.3. The van der Waals surface area contributed by atoms with Gasteiger partial charge in [-0.1, -0.05) is 29.7 Å². The Morgan fingerprint density at radius 1 is 1.38 bits per heavy atom. The fourth-order valence-corrected chi connectivity index (χ4v) is 1.54. The summed E-state index contributed by atoms with van der Waals surface area (Å²) in [4.78, 5) is 2.24. The molecule has 0 amide bonds. The first kappa shape index (κ1) is 13.1. The summed E-state index contributed by atoms with van der Waals surface area (Å²) in [5, 5.41) is 3.94. The number of rotatable bonds is 6. The van der Waals surface area contributed by atoms with Gasteiger partial charge in [0.05, 0.1) is 6.54 Å². The topological polar surface area (TPSA) is 15.3 Å². The molecule has 1 N–H and O–H groups in total. The standard InChI is InChI=1S/C13H17ClN2/c1-3-8-15-9-10-16(2)11-12-4-6-13(14)7-5-12/h1,4-7,15H,8-11H2,2H3. The zero-order valence-electron chi connectivity index (χ0n) is 9.54. The quantitative estimate of drug-likeness (QED) is 0.601. The van der Waals surface area contributed by atoms with Crippen LogP contribution < -0.4 is 5.32 Å². The summed E-state index contributed by atoms with van der Waals surface area (Å²) >= 11 is 5.82. The van der Waals surface area contributed by atoms with E-state index in [1.165, 1.54) is 5.56 Å². The Balaban J connectivity index is 2.26. The molecular weight excluding hydrogens is 220 g/mol. The lowest BCUT2D eigenvalue weighted by atomic mass is 10.2. The van der Waals surface area contributed by atoms with Crippen molar-refractivity contribution in [2.75, 3.05) is 26.7 Å².